The molecule has 1 fully saturated rings. The van der Waals surface area contributed by atoms with E-state index in [-0.39, 0.29) is 18.5 Å². The van der Waals surface area contributed by atoms with Crippen molar-refractivity contribution in [3.63, 3.8) is 0 Å². The van der Waals surface area contributed by atoms with Crippen LogP contribution in [-0.2, 0) is 14.8 Å². The van der Waals surface area contributed by atoms with Crippen molar-refractivity contribution in [2.75, 3.05) is 25.5 Å². The molecule has 0 aliphatic carbocycles. The Labute approximate surface area is 98.0 Å². The third-order valence-corrected chi connectivity index (χ3v) is 4.65. The Kier molecular flexibility index (Phi) is 5.68. The van der Waals surface area contributed by atoms with Crippen LogP contribution in [0.15, 0.2) is 0 Å². The molecule has 0 bridgehead atoms. The fourth-order valence-corrected chi connectivity index (χ4v) is 3.37. The molecule has 0 aromatic carbocycles. The van der Waals surface area contributed by atoms with Gasteiger partial charge in [0.25, 0.3) is 0 Å². The Morgan fingerprint density at radius 1 is 1.38 bits per heavy atom. The Morgan fingerprint density at radius 2 is 2.12 bits per heavy atom. The second-order valence-electron chi connectivity index (χ2n) is 4.04. The highest BCUT2D eigenvalue weighted by Crippen LogP contribution is 2.17. The van der Waals surface area contributed by atoms with Gasteiger partial charge in [0.15, 0.2) is 0 Å². The second-order valence-corrected chi connectivity index (χ2v) is 6.08. The zero-order valence-corrected chi connectivity index (χ0v) is 10.7. The van der Waals surface area contributed by atoms with Gasteiger partial charge in [0.05, 0.1) is 18.5 Å². The van der Waals surface area contributed by atoms with E-state index in [2.05, 4.69) is 0 Å². The summed E-state index contributed by atoms with van der Waals surface area (Å²) in [6.07, 6.45) is 3.38. The minimum atomic E-state index is -3.24. The molecule has 1 aliphatic heterocycles. The standard InChI is InChI=1S/C10H22N2O3S/c1-2-15-8-9-16(13,14)12-7-5-3-4-6-10(12)11/h10H,2-9,11H2,1H3. The van der Waals surface area contributed by atoms with E-state index in [0.29, 0.717) is 13.2 Å². The van der Waals surface area contributed by atoms with Crippen LogP contribution in [0.25, 0.3) is 0 Å². The fourth-order valence-electron chi connectivity index (χ4n) is 1.88. The van der Waals surface area contributed by atoms with E-state index in [1.165, 1.54) is 4.31 Å². The van der Waals surface area contributed by atoms with E-state index in [0.717, 1.165) is 25.7 Å². The first-order chi connectivity index (χ1) is 7.58. The summed E-state index contributed by atoms with van der Waals surface area (Å²) in [5.41, 5.74) is 5.88. The van der Waals surface area contributed by atoms with Crippen LogP contribution in [0.1, 0.15) is 32.6 Å². The van der Waals surface area contributed by atoms with E-state index >= 15 is 0 Å². The lowest BCUT2D eigenvalue weighted by molar-refractivity contribution is 0.162. The van der Waals surface area contributed by atoms with Gasteiger partial charge in [0.2, 0.25) is 10.0 Å². The van der Waals surface area contributed by atoms with Crippen LogP contribution in [-0.4, -0.2) is 44.4 Å². The molecule has 1 saturated heterocycles. The van der Waals surface area contributed by atoms with Crippen molar-refractivity contribution >= 4 is 10.0 Å². The molecule has 0 aromatic rings. The molecule has 0 radical (unpaired) electrons. The van der Waals surface area contributed by atoms with Gasteiger partial charge in [-0.15, -0.1) is 0 Å². The molecule has 6 heteroatoms. The number of rotatable bonds is 5. The number of sulfonamides is 1. The van der Waals surface area contributed by atoms with Crippen LogP contribution in [0.3, 0.4) is 0 Å². The van der Waals surface area contributed by atoms with Gasteiger partial charge in [-0.05, 0) is 19.8 Å². The normalized spacial score (nSPS) is 24.2. The predicted molar refractivity (Wildman–Crippen MR) is 63.4 cm³/mol. The largest absolute Gasteiger partial charge is 0.381 e. The molecular formula is C10H22N2O3S. The van der Waals surface area contributed by atoms with Gasteiger partial charge < -0.3 is 10.5 Å². The summed E-state index contributed by atoms with van der Waals surface area (Å²) in [4.78, 5) is 0. The van der Waals surface area contributed by atoms with Crippen molar-refractivity contribution in [2.24, 2.45) is 5.73 Å². The molecule has 1 unspecified atom stereocenters. The number of nitrogens with two attached hydrogens (primary N) is 1. The Hall–Kier alpha value is -0.170. The average Bonchev–Trinajstić information content (AvgIpc) is 2.43. The molecule has 0 amide bonds. The van der Waals surface area contributed by atoms with E-state index in [1.54, 1.807) is 0 Å². The van der Waals surface area contributed by atoms with Gasteiger partial charge in [-0.2, -0.15) is 4.31 Å². The first-order valence-corrected chi connectivity index (χ1v) is 7.51. The Bertz CT molecular complexity index is 292. The zero-order valence-electron chi connectivity index (χ0n) is 9.89. The maximum Gasteiger partial charge on any atom is 0.217 e. The minimum Gasteiger partial charge on any atom is -0.381 e. The first kappa shape index (κ1) is 13.9. The average molecular weight is 250 g/mol. The molecule has 16 heavy (non-hydrogen) atoms. The minimum absolute atomic E-state index is 0.0362. The molecular weight excluding hydrogens is 228 g/mol. The van der Waals surface area contributed by atoms with E-state index in [9.17, 15) is 8.42 Å². The fraction of sp³-hybridized carbons (Fsp3) is 1.00. The molecule has 1 rings (SSSR count). The van der Waals surface area contributed by atoms with Gasteiger partial charge in [-0.3, -0.25) is 0 Å². The van der Waals surface area contributed by atoms with Gasteiger partial charge in [-0.1, -0.05) is 12.8 Å². The molecule has 0 aromatic heterocycles. The van der Waals surface area contributed by atoms with Gasteiger partial charge in [0, 0.05) is 13.2 Å². The van der Waals surface area contributed by atoms with Crippen molar-refractivity contribution < 1.29 is 13.2 Å². The summed E-state index contributed by atoms with van der Waals surface area (Å²) in [7, 11) is -3.24. The smallest absolute Gasteiger partial charge is 0.217 e. The molecule has 2 N–H and O–H groups in total. The number of ether oxygens (including phenoxy) is 1. The van der Waals surface area contributed by atoms with Crippen LogP contribution >= 0.6 is 0 Å². The van der Waals surface area contributed by atoms with Crippen LogP contribution in [0.2, 0.25) is 0 Å². The van der Waals surface area contributed by atoms with E-state index in [1.807, 2.05) is 6.92 Å². The summed E-state index contributed by atoms with van der Waals surface area (Å²) >= 11 is 0. The monoisotopic (exact) mass is 250 g/mol. The maximum absolute atomic E-state index is 12.0. The molecule has 1 aliphatic rings. The number of nitrogens with zero attached hydrogens (tertiary/aromatic N) is 1. The first-order valence-electron chi connectivity index (χ1n) is 5.91. The number of hydrogen-bond acceptors (Lipinski definition) is 4. The lowest BCUT2D eigenvalue weighted by atomic mass is 10.2. The molecule has 1 atom stereocenters. The van der Waals surface area contributed by atoms with Gasteiger partial charge in [-0.25, -0.2) is 8.42 Å². The molecule has 96 valence electrons. The zero-order chi connectivity index (χ0) is 12.0. The van der Waals surface area contributed by atoms with Crippen LogP contribution < -0.4 is 5.73 Å². The quantitative estimate of drug-likeness (QED) is 0.722. The van der Waals surface area contributed by atoms with Crippen LogP contribution in [0.4, 0.5) is 0 Å². The summed E-state index contributed by atoms with van der Waals surface area (Å²) in [6, 6.07) is 0. The molecule has 5 nitrogen and oxygen atoms in total. The van der Waals surface area contributed by atoms with Crippen LogP contribution in [0, 0.1) is 0 Å². The van der Waals surface area contributed by atoms with Crippen molar-refractivity contribution in [3.05, 3.63) is 0 Å². The van der Waals surface area contributed by atoms with Crippen LogP contribution in [0.5, 0.6) is 0 Å². The molecule has 1 heterocycles. The summed E-state index contributed by atoms with van der Waals surface area (Å²) in [6.45, 7) is 3.20. The van der Waals surface area contributed by atoms with Crippen molar-refractivity contribution in [1.29, 1.82) is 0 Å². The van der Waals surface area contributed by atoms with Crippen molar-refractivity contribution in [2.45, 2.75) is 38.8 Å². The third-order valence-electron chi connectivity index (χ3n) is 2.80. The topological polar surface area (TPSA) is 72.6 Å². The van der Waals surface area contributed by atoms with Crippen molar-refractivity contribution in [3.8, 4) is 0 Å². The van der Waals surface area contributed by atoms with Gasteiger partial charge >= 0.3 is 0 Å². The maximum atomic E-state index is 12.0. The number of hydrogen-bond donors (Lipinski definition) is 1. The third kappa shape index (κ3) is 4.01. The van der Waals surface area contributed by atoms with E-state index < -0.39 is 10.0 Å². The Morgan fingerprint density at radius 3 is 2.81 bits per heavy atom. The second kappa shape index (κ2) is 6.54. The Balaban J connectivity index is 2.57. The van der Waals surface area contributed by atoms with Crippen molar-refractivity contribution in [1.82, 2.24) is 4.31 Å². The van der Waals surface area contributed by atoms with Gasteiger partial charge in [0.1, 0.15) is 0 Å². The highest BCUT2D eigenvalue weighted by molar-refractivity contribution is 7.89. The summed E-state index contributed by atoms with van der Waals surface area (Å²) in [5, 5.41) is 0. The van der Waals surface area contributed by atoms with E-state index in [4.69, 9.17) is 10.5 Å². The molecule has 0 spiro atoms. The SMILES string of the molecule is CCOCCS(=O)(=O)N1CCCCCC1N. The highest BCUT2D eigenvalue weighted by atomic mass is 32.2. The summed E-state index contributed by atoms with van der Waals surface area (Å²) in [5.74, 6) is 0.0362. The predicted octanol–water partition coefficient (Wildman–Crippen LogP) is 0.514. The summed E-state index contributed by atoms with van der Waals surface area (Å²) < 4.78 is 30.5. The lowest BCUT2D eigenvalue weighted by Crippen LogP contribution is -2.46. The lowest BCUT2D eigenvalue weighted by Gasteiger charge is -2.25. The molecule has 0 saturated carbocycles. The highest BCUT2D eigenvalue weighted by Gasteiger charge is 2.28.